The molecule has 0 saturated heterocycles. The second-order valence-corrected chi connectivity index (χ2v) is 25.6. The summed E-state index contributed by atoms with van der Waals surface area (Å²) in [7, 11) is 0. The fourth-order valence-electron chi connectivity index (χ4n) is 11.7. The summed E-state index contributed by atoms with van der Waals surface area (Å²) < 4.78 is 5.49. The second kappa shape index (κ2) is 71.6. The van der Waals surface area contributed by atoms with Gasteiger partial charge in [-0.05, 0) is 83.5 Å². The van der Waals surface area contributed by atoms with E-state index in [1.807, 2.05) is 0 Å². The number of allylic oxidation sites excluding steroid dienone is 6. The van der Waals surface area contributed by atoms with Crippen molar-refractivity contribution in [3.63, 3.8) is 0 Å². The van der Waals surface area contributed by atoms with E-state index in [-0.39, 0.29) is 18.5 Å². The topological polar surface area (TPSA) is 95.9 Å². The smallest absolute Gasteiger partial charge is 0.305 e. The lowest BCUT2D eigenvalue weighted by molar-refractivity contribution is -0.143. The maximum absolute atomic E-state index is 12.6. The molecule has 0 aromatic rings. The standard InChI is InChI=1S/C76H145NO5/c1-3-5-7-9-11-13-15-17-19-20-21-31-34-37-41-44-48-52-56-60-64-68-74(79)73(72-78)77-75(80)69-65-61-57-53-49-45-42-38-35-32-29-27-25-23-22-24-26-28-30-33-36-39-43-47-51-55-59-63-67-71-82-76(81)70-66-62-58-54-50-46-40-18-16-14-12-10-8-6-4-2/h18,22,24,28,30,40,73-74,78-79H,3-17,19-21,23,25-27,29,31-39,41-72H2,1-2H3,(H,77,80)/b24-22-,30-28-,40-18-. The summed E-state index contributed by atoms with van der Waals surface area (Å²) in [5.74, 6) is -0.0270. The van der Waals surface area contributed by atoms with E-state index >= 15 is 0 Å². The molecule has 3 N–H and O–H groups in total. The average molecular weight is 1150 g/mol. The van der Waals surface area contributed by atoms with Crippen LogP contribution in [0.5, 0.6) is 0 Å². The third-order valence-electron chi connectivity index (χ3n) is 17.4. The normalized spacial score (nSPS) is 12.7. The molecule has 0 aromatic heterocycles. The summed E-state index contributed by atoms with van der Waals surface area (Å²) in [5.41, 5.74) is 0. The largest absolute Gasteiger partial charge is 0.466 e. The number of rotatable bonds is 70. The molecule has 2 unspecified atom stereocenters. The summed E-state index contributed by atoms with van der Waals surface area (Å²) in [4.78, 5) is 24.6. The molecule has 484 valence electrons. The van der Waals surface area contributed by atoms with Crippen molar-refractivity contribution in [2.24, 2.45) is 0 Å². The minimum atomic E-state index is -0.666. The summed E-state index contributed by atoms with van der Waals surface area (Å²) >= 11 is 0. The van der Waals surface area contributed by atoms with Gasteiger partial charge in [0.2, 0.25) is 5.91 Å². The Morgan fingerprint density at radius 2 is 0.610 bits per heavy atom. The molecule has 2 atom stereocenters. The fourth-order valence-corrected chi connectivity index (χ4v) is 11.7. The first-order chi connectivity index (χ1) is 40.5. The predicted molar refractivity (Wildman–Crippen MR) is 361 cm³/mol. The third-order valence-corrected chi connectivity index (χ3v) is 17.4. The highest BCUT2D eigenvalue weighted by atomic mass is 16.5. The van der Waals surface area contributed by atoms with Crippen molar-refractivity contribution in [3.05, 3.63) is 36.5 Å². The highest BCUT2D eigenvalue weighted by Crippen LogP contribution is 2.19. The van der Waals surface area contributed by atoms with Crippen molar-refractivity contribution < 1.29 is 24.5 Å². The van der Waals surface area contributed by atoms with Crippen molar-refractivity contribution in [1.29, 1.82) is 0 Å². The van der Waals surface area contributed by atoms with E-state index in [1.165, 1.54) is 327 Å². The van der Waals surface area contributed by atoms with Gasteiger partial charge in [-0.15, -0.1) is 0 Å². The molecule has 0 bridgehead atoms. The Kier molecular flexibility index (Phi) is 69.9. The number of carbonyl (C=O) groups is 2. The third kappa shape index (κ3) is 67.2. The zero-order valence-corrected chi connectivity index (χ0v) is 55.5. The lowest BCUT2D eigenvalue weighted by atomic mass is 10.0. The first-order valence-corrected chi connectivity index (χ1v) is 37.2. The average Bonchev–Trinajstić information content (AvgIpc) is 3.48. The van der Waals surface area contributed by atoms with Gasteiger partial charge in [0, 0.05) is 12.8 Å². The van der Waals surface area contributed by atoms with E-state index < -0.39 is 12.1 Å². The molecule has 0 aliphatic carbocycles. The quantitative estimate of drug-likeness (QED) is 0.0320. The number of aliphatic hydroxyl groups is 2. The molecular formula is C76H145NO5. The number of carbonyl (C=O) groups excluding carboxylic acids is 2. The van der Waals surface area contributed by atoms with Gasteiger partial charge in [-0.1, -0.05) is 352 Å². The molecule has 0 saturated carbocycles. The van der Waals surface area contributed by atoms with Crippen LogP contribution in [0.2, 0.25) is 0 Å². The minimum absolute atomic E-state index is 0.00470. The van der Waals surface area contributed by atoms with Crippen molar-refractivity contribution in [1.82, 2.24) is 5.32 Å². The second-order valence-electron chi connectivity index (χ2n) is 25.6. The lowest BCUT2D eigenvalue weighted by Crippen LogP contribution is -2.45. The molecule has 6 heteroatoms. The fraction of sp³-hybridized carbons (Fsp3) is 0.895. The van der Waals surface area contributed by atoms with Gasteiger partial charge in [0.05, 0.1) is 25.4 Å². The maximum Gasteiger partial charge on any atom is 0.305 e. The first-order valence-electron chi connectivity index (χ1n) is 37.2. The van der Waals surface area contributed by atoms with E-state index in [9.17, 15) is 19.8 Å². The number of esters is 1. The van der Waals surface area contributed by atoms with Gasteiger partial charge in [-0.25, -0.2) is 0 Å². The van der Waals surface area contributed by atoms with E-state index in [0.29, 0.717) is 25.9 Å². The Morgan fingerprint density at radius 3 is 0.939 bits per heavy atom. The molecule has 0 heterocycles. The predicted octanol–water partition coefficient (Wildman–Crippen LogP) is 24.3. The first kappa shape index (κ1) is 80.1. The Hall–Kier alpha value is -1.92. The van der Waals surface area contributed by atoms with Gasteiger partial charge < -0.3 is 20.3 Å². The Balaban J connectivity index is 3.41. The molecule has 0 rings (SSSR count). The van der Waals surface area contributed by atoms with Crippen LogP contribution in [0, 0.1) is 0 Å². The lowest BCUT2D eigenvalue weighted by Gasteiger charge is -2.22. The number of hydrogen-bond acceptors (Lipinski definition) is 5. The van der Waals surface area contributed by atoms with Gasteiger partial charge in [-0.2, -0.15) is 0 Å². The van der Waals surface area contributed by atoms with Crippen LogP contribution in [0.25, 0.3) is 0 Å². The summed E-state index contributed by atoms with van der Waals surface area (Å²) in [6, 6.07) is -0.544. The highest BCUT2D eigenvalue weighted by molar-refractivity contribution is 5.76. The monoisotopic (exact) mass is 1150 g/mol. The number of aliphatic hydroxyl groups excluding tert-OH is 2. The van der Waals surface area contributed by atoms with Gasteiger partial charge in [0.25, 0.3) is 0 Å². The molecule has 1 amide bonds. The number of ether oxygens (including phenoxy) is 1. The summed E-state index contributed by atoms with van der Waals surface area (Å²) in [6.45, 7) is 4.98. The molecule has 0 aromatic carbocycles. The van der Waals surface area contributed by atoms with Crippen LogP contribution in [0.4, 0.5) is 0 Å². The van der Waals surface area contributed by atoms with Crippen LogP contribution in [0.3, 0.4) is 0 Å². The molecule has 6 nitrogen and oxygen atoms in total. The SMILES string of the molecule is CCCCCCCC/C=C\CCCCCCCC(=O)OCCCCCCCCCCC/C=C\C/C=C\CCCCCCCCCCCCCCCC(=O)NC(CO)C(O)CCCCCCCCCCCCCCCCCCCCCCC. The molecule has 0 fully saturated rings. The van der Waals surface area contributed by atoms with Crippen LogP contribution in [-0.2, 0) is 14.3 Å². The summed E-state index contributed by atoms with van der Waals surface area (Å²) in [6.07, 6.45) is 92.0. The number of hydrogen-bond donors (Lipinski definition) is 3. The van der Waals surface area contributed by atoms with E-state index in [1.54, 1.807) is 0 Å². The number of amides is 1. The van der Waals surface area contributed by atoms with Crippen LogP contribution in [0.1, 0.15) is 412 Å². The summed E-state index contributed by atoms with van der Waals surface area (Å²) in [5, 5.41) is 23.4. The van der Waals surface area contributed by atoms with Crippen LogP contribution < -0.4 is 5.32 Å². The van der Waals surface area contributed by atoms with Gasteiger partial charge in [0.1, 0.15) is 0 Å². The van der Waals surface area contributed by atoms with E-state index in [4.69, 9.17) is 4.74 Å². The Morgan fingerprint density at radius 1 is 0.341 bits per heavy atom. The zero-order valence-electron chi connectivity index (χ0n) is 55.5. The highest BCUT2D eigenvalue weighted by Gasteiger charge is 2.20. The van der Waals surface area contributed by atoms with Crippen molar-refractivity contribution in [3.8, 4) is 0 Å². The Labute approximate surface area is 513 Å². The van der Waals surface area contributed by atoms with Gasteiger partial charge in [-0.3, -0.25) is 9.59 Å². The molecule has 0 aliphatic heterocycles. The van der Waals surface area contributed by atoms with E-state index in [0.717, 1.165) is 51.4 Å². The molecule has 0 spiro atoms. The van der Waals surface area contributed by atoms with E-state index in [2.05, 4.69) is 55.6 Å². The van der Waals surface area contributed by atoms with Crippen LogP contribution in [-0.4, -0.2) is 47.4 Å². The maximum atomic E-state index is 12.6. The van der Waals surface area contributed by atoms with Gasteiger partial charge in [0.15, 0.2) is 0 Å². The van der Waals surface area contributed by atoms with Crippen molar-refractivity contribution in [2.45, 2.75) is 424 Å². The van der Waals surface area contributed by atoms with Crippen molar-refractivity contribution in [2.75, 3.05) is 13.2 Å². The van der Waals surface area contributed by atoms with Gasteiger partial charge >= 0.3 is 5.97 Å². The molecular weight excluding hydrogens is 1010 g/mol. The van der Waals surface area contributed by atoms with Crippen LogP contribution in [0.15, 0.2) is 36.5 Å². The minimum Gasteiger partial charge on any atom is -0.466 e. The zero-order chi connectivity index (χ0) is 59.2. The molecule has 0 radical (unpaired) electrons. The Bertz CT molecular complexity index is 1330. The van der Waals surface area contributed by atoms with Crippen molar-refractivity contribution >= 4 is 11.9 Å². The molecule has 82 heavy (non-hydrogen) atoms. The molecule has 0 aliphatic rings. The van der Waals surface area contributed by atoms with Crippen LogP contribution >= 0.6 is 0 Å². The number of nitrogens with one attached hydrogen (secondary N) is 1. The number of unbranched alkanes of at least 4 members (excludes halogenated alkanes) is 53.